The Kier molecular flexibility index (Phi) is 6.95. The third kappa shape index (κ3) is 6.19. The van der Waals surface area contributed by atoms with Gasteiger partial charge in [0, 0.05) is 18.0 Å². The Morgan fingerprint density at radius 1 is 1.08 bits per heavy atom. The summed E-state index contributed by atoms with van der Waals surface area (Å²) in [5, 5.41) is 12.6. The Labute approximate surface area is 150 Å². The molecule has 0 heterocycles. The summed E-state index contributed by atoms with van der Waals surface area (Å²) < 4.78 is 12.9. The lowest BCUT2D eigenvalue weighted by Gasteiger charge is -2.14. The monoisotopic (exact) mass is 363 g/mol. The van der Waals surface area contributed by atoms with Crippen LogP contribution in [0.5, 0.6) is 0 Å². The Morgan fingerprint density at radius 3 is 2.32 bits per heavy atom. The number of benzene rings is 2. The van der Waals surface area contributed by atoms with Crippen LogP contribution in [0.4, 0.5) is 4.39 Å². The molecule has 2 rings (SSSR count). The van der Waals surface area contributed by atoms with Crippen molar-refractivity contribution in [3.63, 3.8) is 0 Å². The topological polar surface area (TPSA) is 66.4 Å². The number of carboxylic acid groups (broad SMARTS) is 1. The van der Waals surface area contributed by atoms with Crippen LogP contribution < -0.4 is 5.32 Å². The van der Waals surface area contributed by atoms with Crippen molar-refractivity contribution in [1.29, 1.82) is 0 Å². The molecule has 0 radical (unpaired) electrons. The first-order valence-electron chi connectivity index (χ1n) is 7.95. The highest BCUT2D eigenvalue weighted by molar-refractivity contribution is 6.30. The van der Waals surface area contributed by atoms with Crippen molar-refractivity contribution in [3.05, 3.63) is 70.5 Å². The SMILES string of the molecule is O=C(CCCc1ccc(Cl)cc1)NCC(C(=O)O)c1ccc(F)cc1. The molecular formula is C19H19ClFNO3. The smallest absolute Gasteiger partial charge is 0.312 e. The van der Waals surface area contributed by atoms with Gasteiger partial charge in [-0.05, 0) is 48.2 Å². The zero-order valence-corrected chi connectivity index (χ0v) is 14.3. The fourth-order valence-electron chi connectivity index (χ4n) is 2.45. The van der Waals surface area contributed by atoms with Gasteiger partial charge in [-0.3, -0.25) is 9.59 Å². The summed E-state index contributed by atoms with van der Waals surface area (Å²) in [6.45, 7) is -0.0270. The Hall–Kier alpha value is -2.40. The molecule has 1 amide bonds. The normalized spacial score (nSPS) is 11.8. The van der Waals surface area contributed by atoms with Gasteiger partial charge in [0.25, 0.3) is 0 Å². The van der Waals surface area contributed by atoms with E-state index in [1.165, 1.54) is 24.3 Å². The van der Waals surface area contributed by atoms with Crippen LogP contribution in [-0.4, -0.2) is 23.5 Å². The summed E-state index contributed by atoms with van der Waals surface area (Å²) in [6, 6.07) is 12.7. The number of rotatable bonds is 8. The Bertz CT molecular complexity index is 716. The second-order valence-electron chi connectivity index (χ2n) is 5.73. The highest BCUT2D eigenvalue weighted by Crippen LogP contribution is 2.16. The lowest BCUT2D eigenvalue weighted by atomic mass is 9.99. The average molecular weight is 364 g/mol. The standard InChI is InChI=1S/C19H19ClFNO3/c20-15-8-4-13(5-9-15)2-1-3-18(23)22-12-17(19(24)25)14-6-10-16(21)11-7-14/h4-11,17H,1-3,12H2,(H,22,23)(H,24,25). The number of hydrogen-bond donors (Lipinski definition) is 2. The number of carbonyl (C=O) groups is 2. The van der Waals surface area contributed by atoms with Gasteiger partial charge in [0.2, 0.25) is 5.91 Å². The minimum atomic E-state index is -1.06. The number of aryl methyl sites for hydroxylation is 1. The number of halogens is 2. The van der Waals surface area contributed by atoms with Crippen LogP contribution in [0.3, 0.4) is 0 Å². The Balaban J connectivity index is 1.79. The van der Waals surface area contributed by atoms with Crippen LogP contribution in [0.15, 0.2) is 48.5 Å². The fourth-order valence-corrected chi connectivity index (χ4v) is 2.58. The van der Waals surface area contributed by atoms with Crippen LogP contribution in [0, 0.1) is 5.82 Å². The zero-order valence-electron chi connectivity index (χ0n) is 13.5. The second kappa shape index (κ2) is 9.18. The molecule has 0 aliphatic heterocycles. The maximum absolute atomic E-state index is 12.9. The van der Waals surface area contributed by atoms with Crippen LogP contribution in [0.25, 0.3) is 0 Å². The van der Waals surface area contributed by atoms with Crippen molar-refractivity contribution >= 4 is 23.5 Å². The number of carbonyl (C=O) groups excluding carboxylic acids is 1. The number of nitrogens with one attached hydrogen (secondary N) is 1. The van der Waals surface area contributed by atoms with Crippen LogP contribution >= 0.6 is 11.6 Å². The van der Waals surface area contributed by atoms with Crippen molar-refractivity contribution in [2.45, 2.75) is 25.2 Å². The molecule has 4 nitrogen and oxygen atoms in total. The molecule has 25 heavy (non-hydrogen) atoms. The van der Waals surface area contributed by atoms with Crippen LogP contribution in [0.1, 0.15) is 29.9 Å². The molecule has 0 saturated carbocycles. The first-order valence-corrected chi connectivity index (χ1v) is 8.33. The molecule has 132 valence electrons. The lowest BCUT2D eigenvalue weighted by Crippen LogP contribution is -2.31. The summed E-state index contributed by atoms with van der Waals surface area (Å²) >= 11 is 5.82. The summed E-state index contributed by atoms with van der Waals surface area (Å²) in [4.78, 5) is 23.3. The van der Waals surface area contributed by atoms with Gasteiger partial charge < -0.3 is 10.4 Å². The van der Waals surface area contributed by atoms with E-state index in [-0.39, 0.29) is 12.5 Å². The van der Waals surface area contributed by atoms with E-state index in [1.807, 2.05) is 12.1 Å². The first-order chi connectivity index (χ1) is 12.0. The molecule has 2 N–H and O–H groups in total. The molecule has 0 aliphatic carbocycles. The molecule has 0 bridgehead atoms. The van der Waals surface area contributed by atoms with E-state index in [4.69, 9.17) is 11.6 Å². The van der Waals surface area contributed by atoms with Gasteiger partial charge in [0.05, 0.1) is 5.92 Å². The molecule has 1 unspecified atom stereocenters. The van der Waals surface area contributed by atoms with Gasteiger partial charge in [-0.2, -0.15) is 0 Å². The van der Waals surface area contributed by atoms with Gasteiger partial charge in [-0.25, -0.2) is 4.39 Å². The van der Waals surface area contributed by atoms with Gasteiger partial charge in [0.1, 0.15) is 5.82 Å². The van der Waals surface area contributed by atoms with Crippen LogP contribution in [-0.2, 0) is 16.0 Å². The molecule has 2 aromatic carbocycles. The highest BCUT2D eigenvalue weighted by Gasteiger charge is 2.20. The Morgan fingerprint density at radius 2 is 1.72 bits per heavy atom. The molecule has 0 saturated heterocycles. The first kappa shape index (κ1) is 18.9. The maximum atomic E-state index is 12.9. The van der Waals surface area contributed by atoms with E-state index in [0.29, 0.717) is 23.4 Å². The molecular weight excluding hydrogens is 345 g/mol. The third-order valence-corrected chi connectivity index (χ3v) is 4.11. The predicted molar refractivity (Wildman–Crippen MR) is 94.2 cm³/mol. The number of amides is 1. The van der Waals surface area contributed by atoms with Gasteiger partial charge >= 0.3 is 5.97 Å². The second-order valence-corrected chi connectivity index (χ2v) is 6.16. The van der Waals surface area contributed by atoms with E-state index < -0.39 is 17.7 Å². The largest absolute Gasteiger partial charge is 0.481 e. The van der Waals surface area contributed by atoms with Crippen LogP contribution in [0.2, 0.25) is 5.02 Å². The van der Waals surface area contributed by atoms with E-state index in [2.05, 4.69) is 5.32 Å². The van der Waals surface area contributed by atoms with Gasteiger partial charge in [0.15, 0.2) is 0 Å². The van der Waals surface area contributed by atoms with Crippen molar-refractivity contribution < 1.29 is 19.1 Å². The quantitative estimate of drug-likeness (QED) is 0.750. The lowest BCUT2D eigenvalue weighted by molar-refractivity contribution is -0.138. The van der Waals surface area contributed by atoms with Gasteiger partial charge in [-0.1, -0.05) is 35.9 Å². The summed E-state index contributed by atoms with van der Waals surface area (Å²) in [7, 11) is 0. The van der Waals surface area contributed by atoms with Crippen molar-refractivity contribution in [2.75, 3.05) is 6.54 Å². The van der Waals surface area contributed by atoms with Crippen molar-refractivity contribution in [1.82, 2.24) is 5.32 Å². The van der Waals surface area contributed by atoms with E-state index in [1.54, 1.807) is 12.1 Å². The van der Waals surface area contributed by atoms with Crippen molar-refractivity contribution in [2.24, 2.45) is 0 Å². The molecule has 1 atom stereocenters. The van der Waals surface area contributed by atoms with Gasteiger partial charge in [-0.15, -0.1) is 0 Å². The average Bonchev–Trinajstić information content (AvgIpc) is 2.58. The summed E-state index contributed by atoms with van der Waals surface area (Å²) in [6.07, 6.45) is 1.70. The molecule has 0 aromatic heterocycles. The predicted octanol–water partition coefficient (Wildman–Crippen LogP) is 3.79. The highest BCUT2D eigenvalue weighted by atomic mass is 35.5. The molecule has 2 aromatic rings. The number of carboxylic acids is 1. The van der Waals surface area contributed by atoms with E-state index in [9.17, 15) is 19.1 Å². The zero-order chi connectivity index (χ0) is 18.2. The minimum Gasteiger partial charge on any atom is -0.481 e. The molecule has 0 fully saturated rings. The maximum Gasteiger partial charge on any atom is 0.312 e. The third-order valence-electron chi connectivity index (χ3n) is 3.86. The summed E-state index contributed by atoms with van der Waals surface area (Å²) in [5.41, 5.74) is 1.54. The number of aliphatic carboxylic acids is 1. The van der Waals surface area contributed by atoms with Crippen molar-refractivity contribution in [3.8, 4) is 0 Å². The molecule has 0 aliphatic rings. The number of hydrogen-bond acceptors (Lipinski definition) is 2. The summed E-state index contributed by atoms with van der Waals surface area (Å²) in [5.74, 6) is -2.60. The molecule has 6 heteroatoms. The van der Waals surface area contributed by atoms with E-state index in [0.717, 1.165) is 12.0 Å². The minimum absolute atomic E-state index is 0.0270. The fraction of sp³-hybridized carbons (Fsp3) is 0.263. The van der Waals surface area contributed by atoms with E-state index >= 15 is 0 Å². The molecule has 0 spiro atoms.